The molecule has 0 spiro atoms. The van der Waals surface area contributed by atoms with Gasteiger partial charge in [-0.05, 0) is 23.6 Å². The van der Waals surface area contributed by atoms with E-state index in [4.69, 9.17) is 5.21 Å². The smallest absolute Gasteiger partial charge is 0.255 e. The first-order valence-electron chi connectivity index (χ1n) is 3.96. The third-order valence-electron chi connectivity index (χ3n) is 1.98. The predicted octanol–water partition coefficient (Wildman–Crippen LogP) is 1.22. The zero-order valence-electron chi connectivity index (χ0n) is 7.10. The van der Waals surface area contributed by atoms with Crippen LogP contribution in [-0.2, 0) is 0 Å². The summed E-state index contributed by atoms with van der Waals surface area (Å²) in [5.41, 5.74) is -0.250. The summed E-state index contributed by atoms with van der Waals surface area (Å²) in [7, 11) is 0. The number of anilines is 1. The highest BCUT2D eigenvalue weighted by molar-refractivity contribution is 5.84. The van der Waals surface area contributed by atoms with Crippen LogP contribution in [0.3, 0.4) is 0 Å². The van der Waals surface area contributed by atoms with E-state index in [0.717, 1.165) is 5.39 Å². The van der Waals surface area contributed by atoms with Crippen molar-refractivity contribution >= 4 is 16.5 Å². The van der Waals surface area contributed by atoms with Gasteiger partial charge in [0.1, 0.15) is 0 Å². The van der Waals surface area contributed by atoms with Crippen molar-refractivity contribution < 1.29 is 5.21 Å². The molecule has 0 amide bonds. The van der Waals surface area contributed by atoms with E-state index < -0.39 is 0 Å². The predicted molar refractivity (Wildman–Crippen MR) is 52.2 cm³/mol. The summed E-state index contributed by atoms with van der Waals surface area (Å²) >= 11 is 0. The Hall–Kier alpha value is -1.85. The van der Waals surface area contributed by atoms with E-state index in [1.54, 1.807) is 12.1 Å². The Morgan fingerprint density at radius 1 is 1.36 bits per heavy atom. The number of pyridine rings is 1. The second-order valence-corrected chi connectivity index (χ2v) is 2.85. The molecule has 5 nitrogen and oxygen atoms in total. The lowest BCUT2D eigenvalue weighted by molar-refractivity contribution is 0.296. The molecule has 0 saturated carbocycles. The first-order chi connectivity index (χ1) is 6.68. The molecule has 2 rings (SSSR count). The monoisotopic (exact) mass is 191 g/mol. The lowest BCUT2D eigenvalue weighted by Gasteiger charge is -2.21. The highest BCUT2D eigenvalue weighted by Crippen LogP contribution is 2.17. The number of aromatic amines is 1. The lowest BCUT2D eigenvalue weighted by atomic mass is 10.1. The van der Waals surface area contributed by atoms with Gasteiger partial charge in [-0.25, -0.2) is 0 Å². The summed E-state index contributed by atoms with van der Waals surface area (Å²) in [4.78, 5) is 13.8. The summed E-state index contributed by atoms with van der Waals surface area (Å²) in [6.07, 6.45) is 1.53. The Balaban J connectivity index is 2.76. The number of aromatic nitrogens is 1. The van der Waals surface area contributed by atoms with E-state index >= 15 is 0 Å². The number of rotatable bonds is 1. The van der Waals surface area contributed by atoms with Crippen LogP contribution >= 0.6 is 0 Å². The van der Waals surface area contributed by atoms with Gasteiger partial charge in [-0.3, -0.25) is 10.0 Å². The topological polar surface area (TPSA) is 79.4 Å². The van der Waals surface area contributed by atoms with Crippen molar-refractivity contribution in [2.24, 2.45) is 0 Å². The highest BCUT2D eigenvalue weighted by Gasteiger charge is 1.99. The van der Waals surface area contributed by atoms with Crippen LogP contribution in [0, 0.1) is 5.21 Å². The highest BCUT2D eigenvalue weighted by atomic mass is 16.8. The molecule has 0 bridgehead atoms. The molecule has 1 heterocycles. The average molecular weight is 191 g/mol. The van der Waals surface area contributed by atoms with Gasteiger partial charge in [0.15, 0.2) is 0 Å². The standard InChI is InChI=1S/C9H7N2O3/c12-9-8-5-7(11(13)14)2-1-6(8)3-4-10-9/h1-5,13H,(H,10,12)/q-1. The van der Waals surface area contributed by atoms with E-state index in [-0.39, 0.29) is 16.5 Å². The van der Waals surface area contributed by atoms with Crippen LogP contribution in [0.25, 0.3) is 10.8 Å². The Kier molecular flexibility index (Phi) is 1.95. The van der Waals surface area contributed by atoms with Crippen molar-refractivity contribution in [3.63, 3.8) is 0 Å². The maximum absolute atomic E-state index is 11.3. The Bertz CT molecular complexity index is 519. The normalized spacial score (nSPS) is 10.4. The van der Waals surface area contributed by atoms with Crippen molar-refractivity contribution in [3.05, 3.63) is 46.0 Å². The number of nitrogens with one attached hydrogen (secondary N) is 1. The molecular weight excluding hydrogens is 184 g/mol. The minimum atomic E-state index is -0.286. The third-order valence-corrected chi connectivity index (χ3v) is 1.98. The Morgan fingerprint density at radius 3 is 2.86 bits per heavy atom. The molecular formula is C9H7N2O3-. The Morgan fingerprint density at radius 2 is 2.14 bits per heavy atom. The van der Waals surface area contributed by atoms with Crippen LogP contribution in [0.2, 0.25) is 0 Å². The van der Waals surface area contributed by atoms with Crippen LogP contribution in [0.4, 0.5) is 5.69 Å². The molecule has 0 aliphatic rings. The summed E-state index contributed by atoms with van der Waals surface area (Å²) in [5.74, 6) is 0. The third kappa shape index (κ3) is 1.34. The van der Waals surface area contributed by atoms with Gasteiger partial charge in [-0.15, -0.1) is 0 Å². The van der Waals surface area contributed by atoms with Gasteiger partial charge < -0.3 is 15.4 Å². The number of hydrogen-bond acceptors (Lipinski definition) is 4. The number of hydrogen-bond donors (Lipinski definition) is 2. The Labute approximate surface area is 78.8 Å². The van der Waals surface area contributed by atoms with Gasteiger partial charge in [0, 0.05) is 11.6 Å². The minimum Gasteiger partial charge on any atom is -0.733 e. The number of H-pyrrole nitrogens is 1. The SMILES string of the molecule is O=c1[nH]ccc2ccc(N([O-])O)cc12. The van der Waals surface area contributed by atoms with E-state index in [1.165, 1.54) is 18.3 Å². The van der Waals surface area contributed by atoms with E-state index in [0.29, 0.717) is 5.39 Å². The fourth-order valence-corrected chi connectivity index (χ4v) is 1.29. The first-order valence-corrected chi connectivity index (χ1v) is 3.96. The van der Waals surface area contributed by atoms with E-state index in [2.05, 4.69) is 4.98 Å². The molecule has 1 aromatic heterocycles. The molecule has 0 unspecified atom stereocenters. The van der Waals surface area contributed by atoms with Crippen molar-refractivity contribution in [1.82, 2.24) is 4.98 Å². The molecule has 0 radical (unpaired) electrons. The molecule has 0 aliphatic carbocycles. The van der Waals surface area contributed by atoms with Crippen LogP contribution in [0.1, 0.15) is 0 Å². The van der Waals surface area contributed by atoms with E-state index in [9.17, 15) is 10.0 Å². The molecule has 0 saturated heterocycles. The second kappa shape index (κ2) is 3.13. The van der Waals surface area contributed by atoms with Crippen LogP contribution in [-0.4, -0.2) is 10.2 Å². The molecule has 5 heteroatoms. The van der Waals surface area contributed by atoms with Crippen molar-refractivity contribution in [2.45, 2.75) is 0 Å². The van der Waals surface area contributed by atoms with Gasteiger partial charge in [0.05, 0.1) is 5.69 Å². The fourth-order valence-electron chi connectivity index (χ4n) is 1.29. The van der Waals surface area contributed by atoms with Crippen molar-refractivity contribution in [2.75, 3.05) is 5.23 Å². The molecule has 1 aromatic carbocycles. The molecule has 0 aliphatic heterocycles. The largest absolute Gasteiger partial charge is 0.733 e. The lowest BCUT2D eigenvalue weighted by Crippen LogP contribution is -2.09. The van der Waals surface area contributed by atoms with Crippen molar-refractivity contribution in [1.29, 1.82) is 0 Å². The summed E-state index contributed by atoms with van der Waals surface area (Å²) in [5, 5.41) is 20.0. The zero-order valence-corrected chi connectivity index (χ0v) is 7.10. The first kappa shape index (κ1) is 8.74. The van der Waals surface area contributed by atoms with Crippen LogP contribution in [0.5, 0.6) is 0 Å². The summed E-state index contributed by atoms with van der Waals surface area (Å²) in [6, 6.07) is 6.09. The molecule has 2 aromatic rings. The quantitative estimate of drug-likeness (QED) is 0.664. The summed E-state index contributed by atoms with van der Waals surface area (Å²) in [6.45, 7) is 0. The zero-order chi connectivity index (χ0) is 10.1. The van der Waals surface area contributed by atoms with Gasteiger partial charge in [-0.2, -0.15) is 0 Å². The number of nitrogens with zero attached hydrogens (tertiary/aromatic N) is 1. The van der Waals surface area contributed by atoms with Gasteiger partial charge in [0.25, 0.3) is 5.56 Å². The van der Waals surface area contributed by atoms with Crippen LogP contribution in [0.15, 0.2) is 35.3 Å². The fraction of sp³-hybridized carbons (Fsp3) is 0. The summed E-state index contributed by atoms with van der Waals surface area (Å²) < 4.78 is 0. The van der Waals surface area contributed by atoms with Gasteiger partial charge in [-0.1, -0.05) is 6.07 Å². The number of benzene rings is 1. The van der Waals surface area contributed by atoms with Crippen molar-refractivity contribution in [3.8, 4) is 0 Å². The molecule has 72 valence electrons. The van der Waals surface area contributed by atoms with Crippen LogP contribution < -0.4 is 10.8 Å². The molecule has 14 heavy (non-hydrogen) atoms. The molecule has 0 atom stereocenters. The average Bonchev–Trinajstić information content (AvgIpc) is 2.18. The minimum absolute atomic E-state index is 0.0363. The van der Waals surface area contributed by atoms with Gasteiger partial charge >= 0.3 is 0 Å². The number of fused-ring (bicyclic) bond motifs is 1. The molecule has 0 fully saturated rings. The second-order valence-electron chi connectivity index (χ2n) is 2.85. The van der Waals surface area contributed by atoms with E-state index in [1.807, 2.05) is 0 Å². The van der Waals surface area contributed by atoms with Gasteiger partial charge in [0.2, 0.25) is 0 Å². The maximum Gasteiger partial charge on any atom is 0.255 e. The molecule has 2 N–H and O–H groups in total. The maximum atomic E-state index is 11.3.